The minimum Gasteiger partial charge on any atom is -0.370 e. The van der Waals surface area contributed by atoms with Gasteiger partial charge in [0, 0.05) is 29.9 Å². The Morgan fingerprint density at radius 2 is 1.84 bits per heavy atom. The lowest BCUT2D eigenvalue weighted by Crippen LogP contribution is -2.45. The number of fused-ring (bicyclic) bond motifs is 1. The molecule has 2 aromatic carbocycles. The van der Waals surface area contributed by atoms with Gasteiger partial charge in [-0.3, -0.25) is 14.4 Å². The number of nitrogens with zero attached hydrogens (tertiary/aromatic N) is 1. The van der Waals surface area contributed by atoms with Crippen LogP contribution in [0.5, 0.6) is 0 Å². The molecule has 1 saturated carbocycles. The second-order valence-electron chi connectivity index (χ2n) is 9.59. The van der Waals surface area contributed by atoms with Crippen LogP contribution in [0.3, 0.4) is 0 Å². The van der Waals surface area contributed by atoms with Crippen molar-refractivity contribution in [2.75, 3.05) is 5.32 Å². The fourth-order valence-electron chi connectivity index (χ4n) is 3.77. The molecule has 0 saturated heterocycles. The predicted octanol–water partition coefficient (Wildman–Crippen LogP) is 4.62. The Bertz CT molecular complexity index is 1230. The molecule has 1 heterocycles. The Morgan fingerprint density at radius 1 is 1.18 bits per heavy atom. The topological polar surface area (TPSA) is 114 Å². The number of benzene rings is 2. The van der Waals surface area contributed by atoms with Gasteiger partial charge in [0.15, 0.2) is 0 Å². The Labute approximate surface area is 217 Å². The second kappa shape index (κ2) is 12.2. The summed E-state index contributed by atoms with van der Waals surface area (Å²) in [6.07, 6.45) is -5.74. The van der Waals surface area contributed by atoms with E-state index in [0.29, 0.717) is 22.4 Å². The van der Waals surface area contributed by atoms with Crippen molar-refractivity contribution >= 4 is 29.1 Å². The van der Waals surface area contributed by atoms with Gasteiger partial charge in [-0.15, -0.1) is 0 Å². The highest BCUT2D eigenvalue weighted by Crippen LogP contribution is 2.29. The monoisotopic (exact) mass is 534 g/mol. The molecular weight excluding hydrogens is 504 g/mol. The number of carbonyl (C=O) groups is 3. The van der Waals surface area contributed by atoms with E-state index in [1.165, 1.54) is 31.0 Å². The van der Waals surface area contributed by atoms with E-state index in [1.807, 2.05) is 0 Å². The number of para-hydroxylation sites is 1. The number of carbonyl (C=O) groups excluding carboxylic acids is 3. The predicted molar refractivity (Wildman–Crippen MR) is 135 cm³/mol. The zero-order chi connectivity index (χ0) is 28.0. The molecule has 0 aromatic heterocycles. The number of benzodiazepines with no additional fused rings is 1. The molecule has 0 bridgehead atoms. The Morgan fingerprint density at radius 3 is 2.42 bits per heavy atom. The van der Waals surface area contributed by atoms with Crippen LogP contribution < -0.4 is 16.4 Å². The van der Waals surface area contributed by atoms with Gasteiger partial charge in [0.1, 0.15) is 5.82 Å². The molecule has 204 valence electrons. The molecule has 1 aliphatic carbocycles. The number of alkyl halides is 3. The van der Waals surface area contributed by atoms with Crippen molar-refractivity contribution in [2.24, 2.45) is 22.6 Å². The SMILES string of the molecule is CC1CC1.Cc1cccc2c1NC(=O)C(NC(=O)C(CCC(F)(F)F)CC(N)=O)N=C2c1cccc(F)c1. The van der Waals surface area contributed by atoms with Crippen molar-refractivity contribution in [3.05, 3.63) is 65.0 Å². The number of anilines is 1. The highest BCUT2D eigenvalue weighted by Gasteiger charge is 2.34. The molecule has 3 amide bonds. The normalized spacial score (nSPS) is 17.6. The van der Waals surface area contributed by atoms with E-state index >= 15 is 0 Å². The number of amides is 3. The first kappa shape index (κ1) is 28.8. The van der Waals surface area contributed by atoms with Gasteiger partial charge in [-0.25, -0.2) is 9.38 Å². The minimum atomic E-state index is -4.54. The van der Waals surface area contributed by atoms with Crippen LogP contribution in [0.15, 0.2) is 47.5 Å². The van der Waals surface area contributed by atoms with Crippen molar-refractivity contribution in [2.45, 2.75) is 58.3 Å². The lowest BCUT2D eigenvalue weighted by atomic mass is 9.97. The number of nitrogens with one attached hydrogen (secondary N) is 2. The van der Waals surface area contributed by atoms with Gasteiger partial charge in [-0.2, -0.15) is 13.2 Å². The Balaban J connectivity index is 0.000000912. The van der Waals surface area contributed by atoms with E-state index in [1.54, 1.807) is 31.2 Å². The van der Waals surface area contributed by atoms with Crippen LogP contribution in [0.2, 0.25) is 0 Å². The highest BCUT2D eigenvalue weighted by atomic mass is 19.4. The molecule has 38 heavy (non-hydrogen) atoms. The lowest BCUT2D eigenvalue weighted by Gasteiger charge is -2.19. The molecule has 0 radical (unpaired) electrons. The highest BCUT2D eigenvalue weighted by molar-refractivity contribution is 6.20. The molecule has 4 N–H and O–H groups in total. The molecule has 11 heteroatoms. The Hall–Kier alpha value is -3.76. The molecular formula is C27H30F4N4O3. The van der Waals surface area contributed by atoms with Crippen LogP contribution in [0.4, 0.5) is 23.2 Å². The minimum absolute atomic E-state index is 0.198. The maximum atomic E-state index is 13.9. The number of aryl methyl sites for hydroxylation is 1. The van der Waals surface area contributed by atoms with Gasteiger partial charge in [-0.05, 0) is 37.0 Å². The number of hydrogen-bond donors (Lipinski definition) is 3. The number of primary amides is 1. The maximum Gasteiger partial charge on any atom is 0.389 e. The fourth-order valence-corrected chi connectivity index (χ4v) is 3.77. The molecule has 4 rings (SSSR count). The largest absolute Gasteiger partial charge is 0.389 e. The van der Waals surface area contributed by atoms with Crippen molar-refractivity contribution in [1.29, 1.82) is 0 Å². The van der Waals surface area contributed by atoms with Crippen LogP contribution in [-0.4, -0.2) is 35.8 Å². The number of halogens is 4. The van der Waals surface area contributed by atoms with E-state index in [9.17, 15) is 31.9 Å². The fraction of sp³-hybridized carbons (Fsp3) is 0.407. The van der Waals surface area contributed by atoms with Gasteiger partial charge in [0.05, 0.1) is 11.4 Å². The van der Waals surface area contributed by atoms with Gasteiger partial charge >= 0.3 is 6.18 Å². The zero-order valence-electron chi connectivity index (χ0n) is 21.1. The second-order valence-corrected chi connectivity index (χ2v) is 9.59. The first-order valence-corrected chi connectivity index (χ1v) is 12.2. The molecule has 2 aromatic rings. The van der Waals surface area contributed by atoms with Gasteiger partial charge in [0.2, 0.25) is 18.0 Å². The van der Waals surface area contributed by atoms with E-state index in [0.717, 1.165) is 5.92 Å². The molecule has 1 aliphatic heterocycles. The van der Waals surface area contributed by atoms with Crippen molar-refractivity contribution in [3.8, 4) is 0 Å². The van der Waals surface area contributed by atoms with Crippen molar-refractivity contribution in [1.82, 2.24) is 5.32 Å². The number of rotatable bonds is 7. The summed E-state index contributed by atoms with van der Waals surface area (Å²) in [6, 6.07) is 10.6. The van der Waals surface area contributed by atoms with E-state index in [-0.39, 0.29) is 5.71 Å². The van der Waals surface area contributed by atoms with Gasteiger partial charge in [-0.1, -0.05) is 50.1 Å². The molecule has 1 fully saturated rings. The summed E-state index contributed by atoms with van der Waals surface area (Å²) < 4.78 is 52.0. The summed E-state index contributed by atoms with van der Waals surface area (Å²) >= 11 is 0. The molecule has 2 atom stereocenters. The van der Waals surface area contributed by atoms with Crippen LogP contribution in [0.25, 0.3) is 0 Å². The standard InChI is InChI=1S/C23H22F4N4O3.C4H8/c1-12-4-2-7-16-18(12)30-22(34)20(29-19(16)13-5-3-6-15(24)10-13)31-21(33)14(11-17(28)32)8-9-23(25,26)27;1-4-2-3-4/h2-7,10,14,20H,8-9,11H2,1H3,(H2,28,32)(H,30,34)(H,31,33);4H,2-3H2,1H3. The number of hydrogen-bond acceptors (Lipinski definition) is 4. The molecule has 0 spiro atoms. The van der Waals surface area contributed by atoms with Crippen LogP contribution >= 0.6 is 0 Å². The number of nitrogens with two attached hydrogens (primary N) is 1. The summed E-state index contributed by atoms with van der Waals surface area (Å²) in [5, 5.41) is 4.97. The van der Waals surface area contributed by atoms with Gasteiger partial charge in [0.25, 0.3) is 5.91 Å². The lowest BCUT2D eigenvalue weighted by molar-refractivity contribution is -0.143. The van der Waals surface area contributed by atoms with Crippen molar-refractivity contribution < 1.29 is 31.9 Å². The summed E-state index contributed by atoms with van der Waals surface area (Å²) in [4.78, 5) is 41.3. The third-order valence-electron chi connectivity index (χ3n) is 6.12. The third-order valence-corrected chi connectivity index (χ3v) is 6.12. The van der Waals surface area contributed by atoms with Crippen LogP contribution in [-0.2, 0) is 14.4 Å². The van der Waals surface area contributed by atoms with E-state index < -0.39 is 61.1 Å². The Kier molecular flexibility index (Phi) is 9.24. The summed E-state index contributed by atoms with van der Waals surface area (Å²) in [6.45, 7) is 4.02. The quantitative estimate of drug-likeness (QED) is 0.451. The van der Waals surface area contributed by atoms with Gasteiger partial charge < -0.3 is 16.4 Å². The maximum absolute atomic E-state index is 13.9. The van der Waals surface area contributed by atoms with E-state index in [4.69, 9.17) is 5.73 Å². The average molecular weight is 535 g/mol. The molecule has 2 aliphatic rings. The first-order chi connectivity index (χ1) is 17.8. The third kappa shape index (κ3) is 8.39. The summed E-state index contributed by atoms with van der Waals surface area (Å²) in [5.41, 5.74) is 7.18. The molecule has 7 nitrogen and oxygen atoms in total. The molecule has 2 unspecified atom stereocenters. The van der Waals surface area contributed by atoms with Crippen molar-refractivity contribution in [3.63, 3.8) is 0 Å². The number of aliphatic imine (C=N–C) groups is 1. The van der Waals surface area contributed by atoms with Crippen LogP contribution in [0.1, 0.15) is 55.7 Å². The first-order valence-electron chi connectivity index (χ1n) is 12.2. The average Bonchev–Trinajstić information content (AvgIpc) is 3.63. The summed E-state index contributed by atoms with van der Waals surface area (Å²) in [7, 11) is 0. The van der Waals surface area contributed by atoms with E-state index in [2.05, 4.69) is 22.5 Å². The van der Waals surface area contributed by atoms with Crippen LogP contribution in [0, 0.1) is 24.6 Å². The zero-order valence-corrected chi connectivity index (χ0v) is 21.1. The summed E-state index contributed by atoms with van der Waals surface area (Å²) in [5.74, 6) is -3.56. The smallest absolute Gasteiger partial charge is 0.370 e.